The molecule has 0 saturated heterocycles. The number of carboxylic acids is 1. The van der Waals surface area contributed by atoms with Crippen molar-refractivity contribution in [3.63, 3.8) is 0 Å². The molecule has 0 aliphatic rings. The van der Waals surface area contributed by atoms with Crippen molar-refractivity contribution in [2.75, 3.05) is 20.6 Å². The third kappa shape index (κ3) is 3.36. The van der Waals surface area contributed by atoms with Gasteiger partial charge in [-0.3, -0.25) is 4.79 Å². The molecular formula is C11H17N3O5S. The predicted octanol–water partition coefficient (Wildman–Crippen LogP) is -0.520. The lowest BCUT2D eigenvalue weighted by Gasteiger charge is -2.15. The Kier molecular flexibility index (Phi) is 4.90. The zero-order chi connectivity index (χ0) is 15.5. The van der Waals surface area contributed by atoms with Crippen molar-refractivity contribution in [1.82, 2.24) is 14.2 Å². The van der Waals surface area contributed by atoms with E-state index in [2.05, 4.69) is 5.32 Å². The van der Waals surface area contributed by atoms with E-state index in [1.807, 2.05) is 0 Å². The summed E-state index contributed by atoms with van der Waals surface area (Å²) >= 11 is 0. The van der Waals surface area contributed by atoms with Gasteiger partial charge in [-0.25, -0.2) is 17.5 Å². The molecule has 0 unspecified atom stereocenters. The largest absolute Gasteiger partial charge is 0.477 e. The number of sulfonamides is 1. The van der Waals surface area contributed by atoms with Crippen molar-refractivity contribution in [3.05, 3.63) is 18.0 Å². The van der Waals surface area contributed by atoms with E-state index in [0.29, 0.717) is 0 Å². The summed E-state index contributed by atoms with van der Waals surface area (Å²) in [5, 5.41) is 11.3. The standard InChI is InChI=1S/C11H17N3O5S/c1-12-10(15)4-5-14(3)20(18,19)8-6-9(11(16)17)13(2)7-8/h6-7H,4-5H2,1-3H3,(H,12,15)(H,16,17). The van der Waals surface area contributed by atoms with Gasteiger partial charge in [0.2, 0.25) is 15.9 Å². The molecule has 0 aliphatic carbocycles. The molecule has 9 heteroatoms. The average molecular weight is 303 g/mol. The Morgan fingerprint density at radius 1 is 1.45 bits per heavy atom. The summed E-state index contributed by atoms with van der Waals surface area (Å²) in [6.45, 7) is 0.0132. The molecule has 1 rings (SSSR count). The molecule has 0 atom stereocenters. The zero-order valence-electron chi connectivity index (χ0n) is 11.5. The highest BCUT2D eigenvalue weighted by Crippen LogP contribution is 2.17. The molecule has 0 radical (unpaired) electrons. The van der Waals surface area contributed by atoms with Gasteiger partial charge in [-0.2, -0.15) is 0 Å². The Bertz CT molecular complexity index is 620. The van der Waals surface area contributed by atoms with E-state index in [0.717, 1.165) is 10.4 Å². The highest BCUT2D eigenvalue weighted by atomic mass is 32.2. The van der Waals surface area contributed by atoms with Gasteiger partial charge in [-0.15, -0.1) is 0 Å². The number of hydrogen-bond donors (Lipinski definition) is 2. The second kappa shape index (κ2) is 6.06. The number of nitrogens with zero attached hydrogens (tertiary/aromatic N) is 2. The molecule has 20 heavy (non-hydrogen) atoms. The van der Waals surface area contributed by atoms with E-state index in [1.54, 1.807) is 0 Å². The van der Waals surface area contributed by atoms with Crippen LogP contribution < -0.4 is 5.32 Å². The molecule has 0 aliphatic heterocycles. The number of hydrogen-bond acceptors (Lipinski definition) is 4. The minimum absolute atomic E-state index is 0.0132. The van der Waals surface area contributed by atoms with E-state index in [4.69, 9.17) is 5.11 Å². The maximum Gasteiger partial charge on any atom is 0.352 e. The highest BCUT2D eigenvalue weighted by Gasteiger charge is 2.24. The molecule has 0 fully saturated rings. The predicted molar refractivity (Wildman–Crippen MR) is 70.9 cm³/mol. The van der Waals surface area contributed by atoms with Crippen molar-refractivity contribution in [3.8, 4) is 0 Å². The molecule has 1 aromatic heterocycles. The molecule has 0 bridgehead atoms. The van der Waals surface area contributed by atoms with E-state index in [9.17, 15) is 18.0 Å². The minimum Gasteiger partial charge on any atom is -0.477 e. The number of carbonyl (C=O) groups is 2. The van der Waals surface area contributed by atoms with Gasteiger partial charge in [0.1, 0.15) is 10.6 Å². The molecule has 1 heterocycles. The fraction of sp³-hybridized carbons (Fsp3) is 0.455. The first-order valence-electron chi connectivity index (χ1n) is 5.76. The Labute approximate surface area is 117 Å². The number of rotatable bonds is 6. The van der Waals surface area contributed by atoms with Crippen molar-refractivity contribution < 1.29 is 23.1 Å². The third-order valence-corrected chi connectivity index (χ3v) is 4.66. The highest BCUT2D eigenvalue weighted by molar-refractivity contribution is 7.89. The summed E-state index contributed by atoms with van der Waals surface area (Å²) in [4.78, 5) is 21.9. The Hall–Kier alpha value is -1.87. The number of aromatic carboxylic acids is 1. The fourth-order valence-electron chi connectivity index (χ4n) is 1.57. The Balaban J connectivity index is 2.96. The number of carboxylic acid groups (broad SMARTS) is 1. The van der Waals surface area contributed by atoms with Gasteiger partial charge in [0.05, 0.1) is 0 Å². The number of carbonyl (C=O) groups excluding carboxylic acids is 1. The first-order valence-corrected chi connectivity index (χ1v) is 7.20. The Morgan fingerprint density at radius 3 is 2.50 bits per heavy atom. The van der Waals surface area contributed by atoms with Crippen LogP contribution in [0.2, 0.25) is 0 Å². The number of aryl methyl sites for hydroxylation is 1. The molecule has 0 saturated carbocycles. The lowest BCUT2D eigenvalue weighted by atomic mass is 10.4. The molecular weight excluding hydrogens is 286 g/mol. The maximum absolute atomic E-state index is 12.2. The monoisotopic (exact) mass is 303 g/mol. The van der Waals surface area contributed by atoms with Crippen LogP contribution in [0.4, 0.5) is 0 Å². The Morgan fingerprint density at radius 2 is 2.05 bits per heavy atom. The van der Waals surface area contributed by atoms with Crippen LogP contribution in [0, 0.1) is 0 Å². The van der Waals surface area contributed by atoms with Gasteiger partial charge in [-0.1, -0.05) is 0 Å². The molecule has 2 N–H and O–H groups in total. The number of aromatic nitrogens is 1. The van der Waals surface area contributed by atoms with Crippen LogP contribution in [0.25, 0.3) is 0 Å². The van der Waals surface area contributed by atoms with Crippen LogP contribution in [0.15, 0.2) is 17.2 Å². The van der Waals surface area contributed by atoms with Gasteiger partial charge < -0.3 is 15.0 Å². The molecule has 8 nitrogen and oxygen atoms in total. The molecule has 1 aromatic rings. The summed E-state index contributed by atoms with van der Waals surface area (Å²) < 4.78 is 26.7. The second-order valence-corrected chi connectivity index (χ2v) is 6.27. The van der Waals surface area contributed by atoms with Gasteiger partial charge >= 0.3 is 5.97 Å². The smallest absolute Gasteiger partial charge is 0.352 e. The normalized spacial score (nSPS) is 11.6. The molecule has 0 aromatic carbocycles. The van der Waals surface area contributed by atoms with Crippen molar-refractivity contribution in [1.29, 1.82) is 0 Å². The first-order chi connectivity index (χ1) is 9.20. The number of amides is 1. The van der Waals surface area contributed by atoms with Crippen LogP contribution in [0.1, 0.15) is 16.9 Å². The summed E-state index contributed by atoms with van der Waals surface area (Å²) in [5.74, 6) is -1.48. The lowest BCUT2D eigenvalue weighted by Crippen LogP contribution is -2.31. The van der Waals surface area contributed by atoms with Crippen LogP contribution in [-0.2, 0) is 21.9 Å². The van der Waals surface area contributed by atoms with Gasteiger partial charge in [0.25, 0.3) is 0 Å². The van der Waals surface area contributed by atoms with Crippen LogP contribution in [0.5, 0.6) is 0 Å². The van der Waals surface area contributed by atoms with E-state index >= 15 is 0 Å². The molecule has 1 amide bonds. The topological polar surface area (TPSA) is 109 Å². The zero-order valence-corrected chi connectivity index (χ0v) is 12.3. The molecule has 112 valence electrons. The maximum atomic E-state index is 12.2. The lowest BCUT2D eigenvalue weighted by molar-refractivity contribution is -0.120. The average Bonchev–Trinajstić information content (AvgIpc) is 2.78. The summed E-state index contributed by atoms with van der Waals surface area (Å²) in [6, 6.07) is 1.09. The minimum atomic E-state index is -3.81. The van der Waals surface area contributed by atoms with E-state index in [-0.39, 0.29) is 29.5 Å². The van der Waals surface area contributed by atoms with Crippen molar-refractivity contribution in [2.24, 2.45) is 7.05 Å². The van der Waals surface area contributed by atoms with Gasteiger partial charge in [0, 0.05) is 40.3 Å². The summed E-state index contributed by atoms with van der Waals surface area (Å²) in [6.07, 6.45) is 1.26. The fourth-order valence-corrected chi connectivity index (χ4v) is 2.82. The third-order valence-electron chi connectivity index (χ3n) is 2.84. The van der Waals surface area contributed by atoms with Gasteiger partial charge in [-0.05, 0) is 6.07 Å². The molecule has 0 spiro atoms. The van der Waals surface area contributed by atoms with Gasteiger partial charge in [0.15, 0.2) is 0 Å². The van der Waals surface area contributed by atoms with E-state index in [1.165, 1.54) is 31.9 Å². The van der Waals surface area contributed by atoms with E-state index < -0.39 is 16.0 Å². The van der Waals surface area contributed by atoms with Crippen molar-refractivity contribution >= 4 is 21.9 Å². The SMILES string of the molecule is CNC(=O)CCN(C)S(=O)(=O)c1cc(C(=O)O)n(C)c1. The summed E-state index contributed by atoms with van der Waals surface area (Å²) in [7, 11) is 0.447. The van der Waals surface area contributed by atoms with Crippen LogP contribution in [-0.4, -0.2) is 54.9 Å². The van der Waals surface area contributed by atoms with Crippen molar-refractivity contribution in [2.45, 2.75) is 11.3 Å². The number of nitrogens with one attached hydrogen (secondary N) is 1. The second-order valence-electron chi connectivity index (χ2n) is 4.23. The van der Waals surface area contributed by atoms with Crippen LogP contribution >= 0.6 is 0 Å². The first kappa shape index (κ1) is 16.2. The summed E-state index contributed by atoms with van der Waals surface area (Å²) in [5.41, 5.74) is -0.122. The quantitative estimate of drug-likeness (QED) is 0.735. The van der Waals surface area contributed by atoms with Crippen LogP contribution in [0.3, 0.4) is 0 Å².